The zero-order chi connectivity index (χ0) is 12.1. The number of nitrogens with one attached hydrogen (secondary N) is 1. The van der Waals surface area contributed by atoms with Crippen molar-refractivity contribution in [1.82, 2.24) is 5.32 Å². The van der Waals surface area contributed by atoms with Crippen LogP contribution in [0.3, 0.4) is 0 Å². The smallest absolute Gasteiger partial charge is 0.125 e. The van der Waals surface area contributed by atoms with Crippen molar-refractivity contribution >= 4 is 5.69 Å². The van der Waals surface area contributed by atoms with Crippen LogP contribution in [0.2, 0.25) is 0 Å². The van der Waals surface area contributed by atoms with Crippen LogP contribution in [0.4, 0.5) is 10.1 Å². The van der Waals surface area contributed by atoms with Crippen LogP contribution in [0.1, 0.15) is 25.7 Å². The molecule has 0 bridgehead atoms. The molecule has 0 spiro atoms. The largest absolute Gasteiger partial charge is 0.374 e. The minimum absolute atomic E-state index is 0.162. The van der Waals surface area contributed by atoms with Crippen LogP contribution in [-0.2, 0) is 0 Å². The second kappa shape index (κ2) is 6.01. The Balaban J connectivity index is 1.82. The molecule has 3 heteroatoms. The molecule has 1 saturated heterocycles. The summed E-state index contributed by atoms with van der Waals surface area (Å²) in [6.07, 6.45) is 5.04. The molecule has 0 amide bonds. The minimum Gasteiger partial charge on any atom is -0.374 e. The van der Waals surface area contributed by atoms with Gasteiger partial charge in [-0.1, -0.05) is 12.5 Å². The van der Waals surface area contributed by atoms with Crippen molar-refractivity contribution in [1.29, 1.82) is 0 Å². The molecule has 0 aromatic heterocycles. The van der Waals surface area contributed by atoms with E-state index in [0.29, 0.717) is 6.04 Å². The number of nitrogens with zero attached hydrogens (tertiary/aromatic N) is 1. The van der Waals surface area contributed by atoms with Gasteiger partial charge in [-0.15, -0.1) is 0 Å². The van der Waals surface area contributed by atoms with Gasteiger partial charge in [-0.3, -0.25) is 0 Å². The first-order chi connectivity index (χ1) is 8.25. The topological polar surface area (TPSA) is 15.3 Å². The zero-order valence-electron chi connectivity index (χ0n) is 10.5. The van der Waals surface area contributed by atoms with E-state index in [1.807, 2.05) is 13.1 Å². The Morgan fingerprint density at radius 1 is 1.41 bits per heavy atom. The maximum Gasteiger partial charge on any atom is 0.125 e. The molecule has 94 valence electrons. The number of piperidine rings is 1. The molecule has 1 aromatic carbocycles. The summed E-state index contributed by atoms with van der Waals surface area (Å²) in [4.78, 5) is 2.12. The highest BCUT2D eigenvalue weighted by atomic mass is 19.1. The van der Waals surface area contributed by atoms with Gasteiger partial charge in [-0.2, -0.15) is 0 Å². The molecule has 2 rings (SSSR count). The van der Waals surface area contributed by atoms with Gasteiger partial charge in [-0.05, 0) is 44.0 Å². The van der Waals surface area contributed by atoms with E-state index in [1.165, 1.54) is 25.3 Å². The van der Waals surface area contributed by atoms with Gasteiger partial charge in [0.25, 0.3) is 0 Å². The molecule has 1 atom stereocenters. The fourth-order valence-electron chi connectivity index (χ4n) is 2.36. The van der Waals surface area contributed by atoms with Gasteiger partial charge < -0.3 is 10.2 Å². The lowest BCUT2D eigenvalue weighted by molar-refractivity contribution is 0.384. The summed E-state index contributed by atoms with van der Waals surface area (Å²) in [5, 5.41) is 3.54. The van der Waals surface area contributed by atoms with Gasteiger partial charge in [0, 0.05) is 25.3 Å². The summed E-state index contributed by atoms with van der Waals surface area (Å²) in [6, 6.07) is 7.44. The first-order valence-corrected chi connectivity index (χ1v) is 6.46. The highest BCUT2D eigenvalue weighted by Gasteiger charge is 2.13. The molecule has 0 radical (unpaired) electrons. The quantitative estimate of drug-likeness (QED) is 0.864. The molecule has 1 aromatic rings. The molecule has 2 nitrogen and oxygen atoms in total. The molecule has 17 heavy (non-hydrogen) atoms. The molecule has 1 unspecified atom stereocenters. The molecule has 1 aliphatic rings. The first-order valence-electron chi connectivity index (χ1n) is 6.46. The summed E-state index contributed by atoms with van der Waals surface area (Å²) in [5.41, 5.74) is 0.959. The van der Waals surface area contributed by atoms with Crippen molar-refractivity contribution in [2.24, 2.45) is 0 Å². The fraction of sp³-hybridized carbons (Fsp3) is 0.571. The Labute approximate surface area is 103 Å². The van der Waals surface area contributed by atoms with Gasteiger partial charge in [-0.25, -0.2) is 4.39 Å². The van der Waals surface area contributed by atoms with Gasteiger partial charge >= 0.3 is 0 Å². The van der Waals surface area contributed by atoms with E-state index in [1.54, 1.807) is 12.1 Å². The van der Waals surface area contributed by atoms with E-state index >= 15 is 0 Å². The molecule has 1 aliphatic heterocycles. The molecule has 1 heterocycles. The lowest BCUT2D eigenvalue weighted by Crippen LogP contribution is -2.36. The predicted molar refractivity (Wildman–Crippen MR) is 69.9 cm³/mol. The second-order valence-electron chi connectivity index (χ2n) is 4.84. The maximum atomic E-state index is 13.1. The molecular weight excluding hydrogens is 215 g/mol. The van der Waals surface area contributed by atoms with E-state index in [0.717, 1.165) is 25.2 Å². The minimum atomic E-state index is -0.162. The molecule has 1 fully saturated rings. The second-order valence-corrected chi connectivity index (χ2v) is 4.84. The normalized spacial score (nSPS) is 20.2. The summed E-state index contributed by atoms with van der Waals surface area (Å²) in [6.45, 7) is 2.12. The summed E-state index contributed by atoms with van der Waals surface area (Å²) in [7, 11) is 2.03. The van der Waals surface area contributed by atoms with E-state index in [2.05, 4.69) is 10.2 Å². The lowest BCUT2D eigenvalue weighted by atomic mass is 10.0. The monoisotopic (exact) mass is 236 g/mol. The van der Waals surface area contributed by atoms with Crippen molar-refractivity contribution in [3.8, 4) is 0 Å². The zero-order valence-corrected chi connectivity index (χ0v) is 10.5. The van der Waals surface area contributed by atoms with Gasteiger partial charge in [0.1, 0.15) is 5.82 Å². The highest BCUT2D eigenvalue weighted by Crippen LogP contribution is 2.16. The Hall–Kier alpha value is -1.09. The number of rotatable bonds is 4. The Morgan fingerprint density at radius 3 is 3.00 bits per heavy atom. The Bertz CT molecular complexity index is 348. The molecule has 0 aliphatic carbocycles. The Morgan fingerprint density at radius 2 is 2.29 bits per heavy atom. The third-order valence-electron chi connectivity index (χ3n) is 3.47. The van der Waals surface area contributed by atoms with Crippen LogP contribution < -0.4 is 10.2 Å². The standard InChI is InChI=1S/C14H21FN2/c1-17(14-7-4-5-12(15)11-14)10-8-13-6-2-3-9-16-13/h4-5,7,11,13,16H,2-3,6,8-10H2,1H3. The van der Waals surface area contributed by atoms with E-state index < -0.39 is 0 Å². The summed E-state index contributed by atoms with van der Waals surface area (Å²) < 4.78 is 13.1. The van der Waals surface area contributed by atoms with Crippen LogP contribution in [0.25, 0.3) is 0 Å². The van der Waals surface area contributed by atoms with Crippen LogP contribution in [0, 0.1) is 5.82 Å². The fourth-order valence-corrected chi connectivity index (χ4v) is 2.36. The molecule has 0 saturated carbocycles. The van der Waals surface area contributed by atoms with Crippen LogP contribution in [0.15, 0.2) is 24.3 Å². The maximum absolute atomic E-state index is 13.1. The van der Waals surface area contributed by atoms with Gasteiger partial charge in [0.15, 0.2) is 0 Å². The van der Waals surface area contributed by atoms with Gasteiger partial charge in [0.2, 0.25) is 0 Å². The predicted octanol–water partition coefficient (Wildman–Crippen LogP) is 2.79. The highest BCUT2D eigenvalue weighted by molar-refractivity contribution is 5.45. The van der Waals surface area contributed by atoms with Crippen LogP contribution in [-0.4, -0.2) is 26.2 Å². The molecule has 1 N–H and O–H groups in total. The Kier molecular flexibility index (Phi) is 4.37. The third kappa shape index (κ3) is 3.70. The van der Waals surface area contributed by atoms with Crippen LogP contribution >= 0.6 is 0 Å². The average molecular weight is 236 g/mol. The van der Waals surface area contributed by atoms with Crippen molar-refractivity contribution in [2.75, 3.05) is 25.0 Å². The van der Waals surface area contributed by atoms with E-state index in [4.69, 9.17) is 0 Å². The lowest BCUT2D eigenvalue weighted by Gasteiger charge is -2.26. The van der Waals surface area contributed by atoms with Gasteiger partial charge in [0.05, 0.1) is 0 Å². The van der Waals surface area contributed by atoms with E-state index in [9.17, 15) is 4.39 Å². The van der Waals surface area contributed by atoms with Crippen molar-refractivity contribution in [3.05, 3.63) is 30.1 Å². The number of hydrogen-bond acceptors (Lipinski definition) is 2. The average Bonchev–Trinajstić information content (AvgIpc) is 2.37. The first kappa shape index (κ1) is 12.4. The summed E-state index contributed by atoms with van der Waals surface area (Å²) >= 11 is 0. The third-order valence-corrected chi connectivity index (χ3v) is 3.47. The number of hydrogen-bond donors (Lipinski definition) is 1. The number of anilines is 1. The SMILES string of the molecule is CN(CCC1CCCCN1)c1cccc(F)c1. The van der Waals surface area contributed by atoms with Crippen LogP contribution in [0.5, 0.6) is 0 Å². The molecular formula is C14H21FN2. The van der Waals surface area contributed by atoms with Crippen molar-refractivity contribution in [2.45, 2.75) is 31.7 Å². The number of benzene rings is 1. The van der Waals surface area contributed by atoms with E-state index in [-0.39, 0.29) is 5.82 Å². The van der Waals surface area contributed by atoms with Crippen molar-refractivity contribution < 1.29 is 4.39 Å². The number of halogens is 1. The van der Waals surface area contributed by atoms with Crippen molar-refractivity contribution in [3.63, 3.8) is 0 Å². The summed E-state index contributed by atoms with van der Waals surface area (Å²) in [5.74, 6) is -0.162.